The number of carbonyl (C=O) groups excluding carboxylic acids is 1. The van der Waals surface area contributed by atoms with E-state index >= 15 is 0 Å². The lowest BCUT2D eigenvalue weighted by Gasteiger charge is -2.37. The summed E-state index contributed by atoms with van der Waals surface area (Å²) in [5.74, 6) is 1.74. The Kier molecular flexibility index (Phi) is 4.54. The third kappa shape index (κ3) is 3.95. The molecular formula is C16H29NO2. The first-order valence-electron chi connectivity index (χ1n) is 7.82. The fraction of sp³-hybridized carbons (Fsp3) is 0.938. The van der Waals surface area contributed by atoms with Gasteiger partial charge >= 0.3 is 0 Å². The van der Waals surface area contributed by atoms with Crippen LogP contribution >= 0.6 is 0 Å². The van der Waals surface area contributed by atoms with Crippen molar-refractivity contribution < 1.29 is 9.90 Å². The van der Waals surface area contributed by atoms with Gasteiger partial charge in [0.1, 0.15) is 0 Å². The second-order valence-corrected chi connectivity index (χ2v) is 7.65. The molecule has 2 aliphatic rings. The Morgan fingerprint density at radius 2 is 1.74 bits per heavy atom. The second kappa shape index (κ2) is 5.82. The molecule has 0 unspecified atom stereocenters. The molecule has 0 spiro atoms. The fourth-order valence-electron chi connectivity index (χ4n) is 3.48. The molecule has 0 aromatic heterocycles. The summed E-state index contributed by atoms with van der Waals surface area (Å²) >= 11 is 0. The molecule has 0 aromatic rings. The van der Waals surface area contributed by atoms with Crippen molar-refractivity contribution >= 4 is 5.91 Å². The van der Waals surface area contributed by atoms with Crippen LogP contribution in [0, 0.1) is 23.2 Å². The molecule has 0 atom stereocenters. The Morgan fingerprint density at radius 3 is 2.21 bits per heavy atom. The minimum atomic E-state index is -0.121. The monoisotopic (exact) mass is 267 g/mol. The van der Waals surface area contributed by atoms with E-state index in [1.807, 2.05) is 0 Å². The van der Waals surface area contributed by atoms with Gasteiger partial charge in [0, 0.05) is 12.5 Å². The second-order valence-electron chi connectivity index (χ2n) is 7.65. The van der Waals surface area contributed by atoms with Crippen LogP contribution in [-0.4, -0.2) is 23.7 Å². The van der Waals surface area contributed by atoms with Crippen molar-refractivity contribution in [3.63, 3.8) is 0 Å². The van der Waals surface area contributed by atoms with Crippen molar-refractivity contribution in [2.24, 2.45) is 23.2 Å². The number of hydrogen-bond donors (Lipinski definition) is 2. The summed E-state index contributed by atoms with van der Waals surface area (Å²) in [7, 11) is 0. The van der Waals surface area contributed by atoms with Gasteiger partial charge in [-0.15, -0.1) is 0 Å². The van der Waals surface area contributed by atoms with Crippen LogP contribution in [0.2, 0.25) is 0 Å². The highest BCUT2D eigenvalue weighted by Gasteiger charge is 2.33. The number of hydrogen-bond acceptors (Lipinski definition) is 2. The summed E-state index contributed by atoms with van der Waals surface area (Å²) in [6.45, 7) is 7.68. The summed E-state index contributed by atoms with van der Waals surface area (Å²) in [4.78, 5) is 12.1. The van der Waals surface area contributed by atoms with E-state index in [1.54, 1.807) is 0 Å². The van der Waals surface area contributed by atoms with Gasteiger partial charge in [0.15, 0.2) is 0 Å². The molecule has 110 valence electrons. The largest absolute Gasteiger partial charge is 0.393 e. The molecule has 0 heterocycles. The van der Waals surface area contributed by atoms with Crippen LogP contribution in [0.5, 0.6) is 0 Å². The molecule has 19 heavy (non-hydrogen) atoms. The Balaban J connectivity index is 1.67. The van der Waals surface area contributed by atoms with Gasteiger partial charge in [0.25, 0.3) is 0 Å². The molecule has 1 amide bonds. The molecule has 0 aliphatic heterocycles. The molecule has 3 nitrogen and oxygen atoms in total. The molecule has 2 aliphatic carbocycles. The van der Waals surface area contributed by atoms with E-state index in [1.165, 1.54) is 12.8 Å². The maximum atomic E-state index is 12.1. The smallest absolute Gasteiger partial charge is 0.223 e. The predicted octanol–water partition coefficient (Wildman–Crippen LogP) is 2.73. The summed E-state index contributed by atoms with van der Waals surface area (Å²) in [5.41, 5.74) is 0.378. The summed E-state index contributed by atoms with van der Waals surface area (Å²) < 4.78 is 0. The quantitative estimate of drug-likeness (QED) is 0.826. The molecule has 0 radical (unpaired) electrons. The zero-order valence-electron chi connectivity index (χ0n) is 12.6. The molecule has 2 saturated carbocycles. The van der Waals surface area contributed by atoms with Crippen LogP contribution < -0.4 is 5.32 Å². The van der Waals surface area contributed by atoms with Gasteiger partial charge in [-0.25, -0.2) is 0 Å². The third-order valence-corrected chi connectivity index (χ3v) is 5.10. The van der Waals surface area contributed by atoms with Crippen LogP contribution in [0.3, 0.4) is 0 Å². The fourth-order valence-corrected chi connectivity index (χ4v) is 3.48. The number of aliphatic hydroxyl groups excluding tert-OH is 1. The Morgan fingerprint density at radius 1 is 1.16 bits per heavy atom. The van der Waals surface area contributed by atoms with Crippen LogP contribution in [0.1, 0.15) is 59.3 Å². The molecule has 2 rings (SSSR count). The van der Waals surface area contributed by atoms with Crippen molar-refractivity contribution in [2.75, 3.05) is 6.54 Å². The predicted molar refractivity (Wildman–Crippen MR) is 76.6 cm³/mol. The zero-order valence-corrected chi connectivity index (χ0v) is 12.6. The zero-order chi connectivity index (χ0) is 14.0. The number of nitrogens with one attached hydrogen (secondary N) is 1. The molecule has 0 aromatic carbocycles. The highest BCUT2D eigenvalue weighted by Crippen LogP contribution is 2.39. The van der Waals surface area contributed by atoms with Crippen LogP contribution in [-0.2, 0) is 4.79 Å². The summed E-state index contributed by atoms with van der Waals surface area (Å²) in [5, 5.41) is 12.3. The van der Waals surface area contributed by atoms with E-state index < -0.39 is 0 Å². The van der Waals surface area contributed by atoms with Gasteiger partial charge in [-0.05, 0) is 55.8 Å². The average molecular weight is 267 g/mol. The van der Waals surface area contributed by atoms with Crippen molar-refractivity contribution in [2.45, 2.75) is 65.4 Å². The topological polar surface area (TPSA) is 49.3 Å². The normalized spacial score (nSPS) is 35.6. The lowest BCUT2D eigenvalue weighted by molar-refractivity contribution is -0.127. The Labute approximate surface area is 117 Å². The van der Waals surface area contributed by atoms with Gasteiger partial charge in [-0.1, -0.05) is 20.8 Å². The SMILES string of the molecule is CC(C)(C)C1CCC(C(=O)NCC2CC(O)C2)CC1. The van der Waals surface area contributed by atoms with Gasteiger partial charge in [-0.3, -0.25) is 4.79 Å². The van der Waals surface area contributed by atoms with E-state index in [-0.39, 0.29) is 17.9 Å². The number of amides is 1. The standard InChI is InChI=1S/C16H29NO2/c1-16(2,3)13-6-4-12(5-7-13)15(19)17-10-11-8-14(18)9-11/h11-14,18H,4-10H2,1-3H3,(H,17,19). The molecule has 2 fully saturated rings. The van der Waals surface area contributed by atoms with Crippen molar-refractivity contribution in [3.05, 3.63) is 0 Å². The molecule has 0 saturated heterocycles. The van der Waals surface area contributed by atoms with E-state index in [9.17, 15) is 9.90 Å². The van der Waals surface area contributed by atoms with E-state index in [0.717, 1.165) is 38.1 Å². The first-order chi connectivity index (χ1) is 8.86. The Bertz CT molecular complexity index is 307. The number of aliphatic hydroxyl groups is 1. The van der Waals surface area contributed by atoms with Crippen molar-refractivity contribution in [1.29, 1.82) is 0 Å². The minimum absolute atomic E-state index is 0.121. The van der Waals surface area contributed by atoms with Gasteiger partial charge in [-0.2, -0.15) is 0 Å². The molecule has 0 bridgehead atoms. The van der Waals surface area contributed by atoms with Crippen LogP contribution in [0.4, 0.5) is 0 Å². The van der Waals surface area contributed by atoms with Gasteiger partial charge in [0.2, 0.25) is 5.91 Å². The minimum Gasteiger partial charge on any atom is -0.393 e. The van der Waals surface area contributed by atoms with Gasteiger partial charge in [0.05, 0.1) is 6.10 Å². The maximum absolute atomic E-state index is 12.1. The first kappa shape index (κ1) is 14.8. The average Bonchev–Trinajstić information content (AvgIpc) is 2.32. The third-order valence-electron chi connectivity index (χ3n) is 5.10. The number of carbonyl (C=O) groups is 1. The van der Waals surface area contributed by atoms with E-state index in [0.29, 0.717) is 11.3 Å². The molecule has 3 heteroatoms. The Hall–Kier alpha value is -0.570. The highest BCUT2D eigenvalue weighted by atomic mass is 16.3. The summed E-state index contributed by atoms with van der Waals surface area (Å²) in [6.07, 6.45) is 6.05. The highest BCUT2D eigenvalue weighted by molar-refractivity contribution is 5.78. The lowest BCUT2D eigenvalue weighted by atomic mass is 9.69. The number of rotatable bonds is 3. The lowest BCUT2D eigenvalue weighted by Crippen LogP contribution is -2.41. The van der Waals surface area contributed by atoms with Crippen molar-refractivity contribution in [1.82, 2.24) is 5.32 Å². The van der Waals surface area contributed by atoms with E-state index in [4.69, 9.17) is 0 Å². The maximum Gasteiger partial charge on any atom is 0.223 e. The van der Waals surface area contributed by atoms with Gasteiger partial charge < -0.3 is 10.4 Å². The molecule has 2 N–H and O–H groups in total. The van der Waals surface area contributed by atoms with Crippen LogP contribution in [0.15, 0.2) is 0 Å². The van der Waals surface area contributed by atoms with E-state index in [2.05, 4.69) is 26.1 Å². The van der Waals surface area contributed by atoms with Crippen molar-refractivity contribution in [3.8, 4) is 0 Å². The summed E-state index contributed by atoms with van der Waals surface area (Å²) in [6, 6.07) is 0. The van der Waals surface area contributed by atoms with Crippen LogP contribution in [0.25, 0.3) is 0 Å². The molecular weight excluding hydrogens is 238 g/mol. The first-order valence-corrected chi connectivity index (χ1v) is 7.82.